The average molecular weight is 208 g/mol. The third-order valence-electron chi connectivity index (χ3n) is 2.81. The molecule has 1 aromatic carbocycles. The highest BCUT2D eigenvalue weighted by atomic mass is 16.3. The second-order valence-electron chi connectivity index (χ2n) is 3.90. The Hall–Kier alpha value is -0.900. The molecular formula is C12H20N2O. The molecule has 0 aliphatic rings. The van der Waals surface area contributed by atoms with Gasteiger partial charge >= 0.3 is 0 Å². The van der Waals surface area contributed by atoms with Crippen molar-refractivity contribution in [2.45, 2.75) is 32.3 Å². The molecule has 3 nitrogen and oxygen atoms in total. The maximum atomic E-state index is 9.66. The molecule has 1 rings (SSSR count). The molecule has 0 spiro atoms. The van der Waals surface area contributed by atoms with E-state index >= 15 is 0 Å². The molecule has 84 valence electrons. The molecule has 0 saturated carbocycles. The van der Waals surface area contributed by atoms with Crippen molar-refractivity contribution in [3.8, 4) is 0 Å². The summed E-state index contributed by atoms with van der Waals surface area (Å²) in [5, 5.41) is 9.66. The lowest BCUT2D eigenvalue weighted by atomic mass is 9.96. The molecule has 2 unspecified atom stereocenters. The van der Waals surface area contributed by atoms with Crippen LogP contribution in [-0.4, -0.2) is 11.7 Å². The number of nitrogens with two attached hydrogens (primary N) is 1. The van der Waals surface area contributed by atoms with Gasteiger partial charge in [0.2, 0.25) is 0 Å². The van der Waals surface area contributed by atoms with Crippen LogP contribution in [0.2, 0.25) is 0 Å². The first kappa shape index (κ1) is 12.2. The van der Waals surface area contributed by atoms with E-state index in [4.69, 9.17) is 5.84 Å². The number of aliphatic hydroxyl groups is 1. The van der Waals surface area contributed by atoms with Crippen molar-refractivity contribution in [2.24, 2.45) is 5.84 Å². The van der Waals surface area contributed by atoms with E-state index in [1.807, 2.05) is 12.1 Å². The molecular weight excluding hydrogens is 188 g/mol. The fourth-order valence-corrected chi connectivity index (χ4v) is 1.51. The molecule has 0 amide bonds. The second-order valence-corrected chi connectivity index (χ2v) is 3.90. The van der Waals surface area contributed by atoms with Crippen LogP contribution in [0.15, 0.2) is 24.3 Å². The van der Waals surface area contributed by atoms with Gasteiger partial charge < -0.3 is 5.11 Å². The molecule has 0 saturated heterocycles. The van der Waals surface area contributed by atoms with E-state index in [2.05, 4.69) is 31.4 Å². The number of hydrogen-bond donors (Lipinski definition) is 3. The van der Waals surface area contributed by atoms with Gasteiger partial charge in [-0.2, -0.15) is 0 Å². The largest absolute Gasteiger partial charge is 0.387 e. The van der Waals surface area contributed by atoms with Gasteiger partial charge in [0.25, 0.3) is 0 Å². The lowest BCUT2D eigenvalue weighted by Gasteiger charge is -2.13. The lowest BCUT2D eigenvalue weighted by molar-refractivity contribution is 0.175. The van der Waals surface area contributed by atoms with Crippen molar-refractivity contribution in [1.82, 2.24) is 5.43 Å². The van der Waals surface area contributed by atoms with Crippen LogP contribution in [0.25, 0.3) is 0 Å². The fourth-order valence-electron chi connectivity index (χ4n) is 1.51. The van der Waals surface area contributed by atoms with E-state index in [9.17, 15) is 5.11 Å². The van der Waals surface area contributed by atoms with Crippen LogP contribution in [0.5, 0.6) is 0 Å². The summed E-state index contributed by atoms with van der Waals surface area (Å²) in [5.41, 5.74) is 4.68. The summed E-state index contributed by atoms with van der Waals surface area (Å²) < 4.78 is 0. The van der Waals surface area contributed by atoms with Crippen LogP contribution in [0.4, 0.5) is 0 Å². The zero-order valence-corrected chi connectivity index (χ0v) is 9.40. The van der Waals surface area contributed by atoms with E-state index < -0.39 is 6.10 Å². The van der Waals surface area contributed by atoms with Crippen LogP contribution in [-0.2, 0) is 0 Å². The molecule has 2 atom stereocenters. The van der Waals surface area contributed by atoms with E-state index in [1.54, 1.807) is 0 Å². The van der Waals surface area contributed by atoms with Crippen LogP contribution in [0.3, 0.4) is 0 Å². The van der Waals surface area contributed by atoms with Crippen molar-refractivity contribution >= 4 is 0 Å². The highest BCUT2D eigenvalue weighted by Gasteiger charge is 2.07. The summed E-state index contributed by atoms with van der Waals surface area (Å²) in [6.45, 7) is 4.75. The summed E-state index contributed by atoms with van der Waals surface area (Å²) >= 11 is 0. The smallest absolute Gasteiger partial charge is 0.0928 e. The van der Waals surface area contributed by atoms with Crippen molar-refractivity contribution in [3.63, 3.8) is 0 Å². The zero-order chi connectivity index (χ0) is 11.3. The Morgan fingerprint density at radius 2 is 1.80 bits per heavy atom. The Morgan fingerprint density at radius 1 is 1.27 bits per heavy atom. The van der Waals surface area contributed by atoms with Gasteiger partial charge in [0.1, 0.15) is 0 Å². The molecule has 0 fully saturated rings. The number of hydrogen-bond acceptors (Lipinski definition) is 3. The van der Waals surface area contributed by atoms with Crippen molar-refractivity contribution in [1.29, 1.82) is 0 Å². The van der Waals surface area contributed by atoms with Gasteiger partial charge in [0, 0.05) is 6.54 Å². The summed E-state index contributed by atoms with van der Waals surface area (Å²) in [5.74, 6) is 5.73. The van der Waals surface area contributed by atoms with Gasteiger partial charge in [-0.25, -0.2) is 0 Å². The standard InChI is InChI=1S/C12H20N2O/c1-3-9(2)10-4-6-11(7-5-10)12(15)8-14-13/h4-7,9,12,14-15H,3,8,13H2,1-2H3. The van der Waals surface area contributed by atoms with Gasteiger partial charge in [-0.1, -0.05) is 38.1 Å². The number of aliphatic hydroxyl groups excluding tert-OH is 1. The first-order chi connectivity index (χ1) is 7.19. The Labute approximate surface area is 91.3 Å². The quantitative estimate of drug-likeness (QED) is 0.510. The molecule has 3 heteroatoms. The number of benzene rings is 1. The summed E-state index contributed by atoms with van der Waals surface area (Å²) in [7, 11) is 0. The van der Waals surface area contributed by atoms with Gasteiger partial charge in [-0.15, -0.1) is 0 Å². The van der Waals surface area contributed by atoms with Gasteiger partial charge in [0.05, 0.1) is 6.10 Å². The number of nitrogens with one attached hydrogen (secondary N) is 1. The molecule has 1 aromatic rings. The van der Waals surface area contributed by atoms with Gasteiger partial charge in [-0.05, 0) is 23.5 Å². The topological polar surface area (TPSA) is 58.3 Å². The Balaban J connectivity index is 2.71. The predicted octanol–water partition coefficient (Wildman–Crippen LogP) is 1.70. The minimum atomic E-state index is -0.527. The second kappa shape index (κ2) is 5.85. The Kier molecular flexibility index (Phi) is 4.75. The summed E-state index contributed by atoms with van der Waals surface area (Å²) in [6, 6.07) is 8.07. The fraction of sp³-hybridized carbons (Fsp3) is 0.500. The average Bonchev–Trinajstić information content (AvgIpc) is 2.28. The number of rotatable bonds is 5. The molecule has 0 radical (unpaired) electrons. The molecule has 15 heavy (non-hydrogen) atoms. The van der Waals surface area contributed by atoms with Crippen LogP contribution in [0, 0.1) is 0 Å². The maximum absolute atomic E-state index is 9.66. The first-order valence-electron chi connectivity index (χ1n) is 5.40. The van der Waals surface area contributed by atoms with Gasteiger partial charge in [0.15, 0.2) is 0 Å². The van der Waals surface area contributed by atoms with E-state index in [0.717, 1.165) is 12.0 Å². The monoisotopic (exact) mass is 208 g/mol. The molecule has 0 aromatic heterocycles. The van der Waals surface area contributed by atoms with E-state index in [1.165, 1.54) is 5.56 Å². The molecule has 0 aliphatic carbocycles. The molecule has 0 bridgehead atoms. The minimum Gasteiger partial charge on any atom is -0.387 e. The predicted molar refractivity (Wildman–Crippen MR) is 62.3 cm³/mol. The van der Waals surface area contributed by atoms with Gasteiger partial charge in [-0.3, -0.25) is 11.3 Å². The third kappa shape index (κ3) is 3.30. The van der Waals surface area contributed by atoms with Crippen LogP contribution in [0.1, 0.15) is 43.4 Å². The highest BCUT2D eigenvalue weighted by Crippen LogP contribution is 2.20. The first-order valence-corrected chi connectivity index (χ1v) is 5.40. The van der Waals surface area contributed by atoms with Crippen LogP contribution < -0.4 is 11.3 Å². The normalized spacial score (nSPS) is 14.9. The van der Waals surface area contributed by atoms with Crippen molar-refractivity contribution in [2.75, 3.05) is 6.54 Å². The maximum Gasteiger partial charge on any atom is 0.0928 e. The number of hydrazine groups is 1. The minimum absolute atomic E-state index is 0.378. The molecule has 0 aliphatic heterocycles. The van der Waals surface area contributed by atoms with E-state index in [-0.39, 0.29) is 0 Å². The lowest BCUT2D eigenvalue weighted by Crippen LogP contribution is -2.27. The Morgan fingerprint density at radius 3 is 2.27 bits per heavy atom. The highest BCUT2D eigenvalue weighted by molar-refractivity contribution is 5.26. The zero-order valence-electron chi connectivity index (χ0n) is 9.40. The molecule has 0 heterocycles. The third-order valence-corrected chi connectivity index (χ3v) is 2.81. The summed E-state index contributed by atoms with van der Waals surface area (Å²) in [4.78, 5) is 0. The Bertz CT molecular complexity index is 284. The van der Waals surface area contributed by atoms with Crippen molar-refractivity contribution in [3.05, 3.63) is 35.4 Å². The SMILES string of the molecule is CCC(C)c1ccc(C(O)CNN)cc1. The van der Waals surface area contributed by atoms with E-state index in [0.29, 0.717) is 12.5 Å². The van der Waals surface area contributed by atoms with Crippen LogP contribution >= 0.6 is 0 Å². The van der Waals surface area contributed by atoms with Crippen molar-refractivity contribution < 1.29 is 5.11 Å². The molecule has 4 N–H and O–H groups in total. The summed E-state index contributed by atoms with van der Waals surface area (Å²) in [6.07, 6.45) is 0.604.